The van der Waals surface area contributed by atoms with Crippen LogP contribution in [-0.2, 0) is 17.5 Å². The average molecular weight is 644 g/mol. The average Bonchev–Trinajstić information content (AvgIpc) is 3.41. The number of fused-ring (bicyclic) bond motifs is 1. The number of carbonyl (C=O) groups is 2. The summed E-state index contributed by atoms with van der Waals surface area (Å²) in [6, 6.07) is 9.14. The van der Waals surface area contributed by atoms with E-state index in [1.54, 1.807) is 18.2 Å². The quantitative estimate of drug-likeness (QED) is 0.280. The molecule has 2 fully saturated rings. The van der Waals surface area contributed by atoms with Gasteiger partial charge >= 0.3 is 6.18 Å². The predicted octanol–water partition coefficient (Wildman–Crippen LogP) is 5.42. The molecule has 0 spiro atoms. The summed E-state index contributed by atoms with van der Waals surface area (Å²) in [5, 5.41) is 3.25. The van der Waals surface area contributed by atoms with Crippen LogP contribution < -0.4 is 11.1 Å². The first kappa shape index (κ1) is 32.2. The van der Waals surface area contributed by atoms with Gasteiger partial charge in [0.25, 0.3) is 5.91 Å². The Bertz CT molecular complexity index is 1890. The number of Topliss-reactive ketones (excluding diaryl/α,β-unsaturated/α-hetero) is 1. The van der Waals surface area contributed by atoms with Crippen LogP contribution in [0.1, 0.15) is 69.9 Å². The van der Waals surface area contributed by atoms with E-state index in [1.165, 1.54) is 18.5 Å². The molecular formula is C35H36F3N7O2. The number of anilines is 2. The lowest BCUT2D eigenvalue weighted by atomic mass is 9.94. The lowest BCUT2D eigenvalue weighted by Crippen LogP contribution is -2.44. The van der Waals surface area contributed by atoms with Crippen molar-refractivity contribution in [3.8, 4) is 11.8 Å². The van der Waals surface area contributed by atoms with Crippen LogP contribution in [0.3, 0.4) is 0 Å². The first-order chi connectivity index (χ1) is 22.5. The van der Waals surface area contributed by atoms with Gasteiger partial charge in [0.05, 0.1) is 22.1 Å². The van der Waals surface area contributed by atoms with E-state index in [0.717, 1.165) is 24.7 Å². The van der Waals surface area contributed by atoms with Crippen molar-refractivity contribution in [2.45, 2.75) is 51.4 Å². The summed E-state index contributed by atoms with van der Waals surface area (Å²) >= 11 is 0. The molecule has 1 saturated carbocycles. The minimum absolute atomic E-state index is 0.0443. The Morgan fingerprint density at radius 1 is 1.02 bits per heavy atom. The molecule has 0 bridgehead atoms. The molecule has 0 atom stereocenters. The van der Waals surface area contributed by atoms with Gasteiger partial charge in [-0.25, -0.2) is 9.97 Å². The Morgan fingerprint density at radius 3 is 2.47 bits per heavy atom. The highest BCUT2D eigenvalue weighted by atomic mass is 19.4. The monoisotopic (exact) mass is 643 g/mol. The van der Waals surface area contributed by atoms with Gasteiger partial charge in [0, 0.05) is 69.1 Å². The molecule has 1 aliphatic heterocycles. The van der Waals surface area contributed by atoms with Gasteiger partial charge in [0.15, 0.2) is 0 Å². The largest absolute Gasteiger partial charge is 0.416 e. The molecular weight excluding hydrogens is 607 g/mol. The van der Waals surface area contributed by atoms with Crippen LogP contribution in [0.4, 0.5) is 24.7 Å². The van der Waals surface area contributed by atoms with Crippen LogP contribution in [0.2, 0.25) is 0 Å². The zero-order valence-corrected chi connectivity index (χ0v) is 26.3. The second kappa shape index (κ2) is 13.2. The van der Waals surface area contributed by atoms with Gasteiger partial charge < -0.3 is 20.5 Å². The van der Waals surface area contributed by atoms with Crippen LogP contribution in [-0.4, -0.2) is 69.3 Å². The van der Waals surface area contributed by atoms with Gasteiger partial charge in [-0.15, -0.1) is 0 Å². The highest BCUT2D eigenvalue weighted by Gasteiger charge is 2.34. The highest BCUT2D eigenvalue weighted by Crippen LogP contribution is 2.35. The molecule has 3 N–H and O–H groups in total. The van der Waals surface area contributed by atoms with Crippen molar-refractivity contribution in [2.24, 2.45) is 0 Å². The number of halogens is 3. The zero-order chi connectivity index (χ0) is 33.3. The first-order valence-corrected chi connectivity index (χ1v) is 15.6. The number of carbonyl (C=O) groups excluding carboxylic acids is 2. The Balaban J connectivity index is 1.28. The normalized spacial score (nSPS) is 16.7. The number of piperazine rings is 1. The summed E-state index contributed by atoms with van der Waals surface area (Å²) in [7, 11) is 1.99. The van der Waals surface area contributed by atoms with E-state index in [9.17, 15) is 22.8 Å². The second-order valence-corrected chi connectivity index (χ2v) is 12.4. The van der Waals surface area contributed by atoms with E-state index in [1.807, 2.05) is 29.6 Å². The minimum Gasteiger partial charge on any atom is -0.383 e. The van der Waals surface area contributed by atoms with Crippen LogP contribution in [0.5, 0.6) is 0 Å². The number of aromatic nitrogens is 3. The Hall–Kier alpha value is -4.73. The summed E-state index contributed by atoms with van der Waals surface area (Å²) in [5.74, 6) is 6.17. The van der Waals surface area contributed by atoms with Crippen LogP contribution in [0, 0.1) is 18.8 Å². The van der Waals surface area contributed by atoms with Gasteiger partial charge in [-0.3, -0.25) is 14.5 Å². The van der Waals surface area contributed by atoms with Crippen molar-refractivity contribution in [1.29, 1.82) is 0 Å². The standard InChI is InChI=1S/C35H36F3N7O2/c1-22-3-12-29(34(47)42-26-7-6-24(30(18-26)35(36,37)38)19-44-15-13-43(2)14-16-44)23(17-22)4-5-25-20-45(27-8-10-28(46)11-9-27)33-31(25)32(39)40-21-41-33/h3,6-7,12,17-18,20-21,27H,8-11,13-16,19H2,1-2H3,(H,42,47)(H2,39,40,41). The topological polar surface area (TPSA) is 109 Å². The number of nitrogens with two attached hydrogens (primary N) is 1. The van der Waals surface area contributed by atoms with E-state index in [0.29, 0.717) is 60.9 Å². The second-order valence-electron chi connectivity index (χ2n) is 12.4. The van der Waals surface area contributed by atoms with E-state index >= 15 is 0 Å². The molecule has 6 rings (SSSR count). The predicted molar refractivity (Wildman–Crippen MR) is 174 cm³/mol. The summed E-state index contributed by atoms with van der Waals surface area (Å²) in [5.41, 5.74) is 8.39. The number of aryl methyl sites for hydroxylation is 1. The van der Waals surface area contributed by atoms with Gasteiger partial charge in [-0.2, -0.15) is 13.2 Å². The number of alkyl halides is 3. The highest BCUT2D eigenvalue weighted by molar-refractivity contribution is 6.06. The number of benzene rings is 2. The number of nitrogen functional groups attached to an aromatic ring is 1. The maximum Gasteiger partial charge on any atom is 0.416 e. The molecule has 2 aromatic heterocycles. The molecule has 0 unspecified atom stereocenters. The fraction of sp³-hybridized carbons (Fsp3) is 0.371. The minimum atomic E-state index is -4.58. The number of nitrogens with one attached hydrogen (secondary N) is 1. The SMILES string of the molecule is Cc1ccc(C(=O)Nc2ccc(CN3CCN(C)CC3)c(C(F)(F)F)c2)c(C#Cc2cn(C3CCC(=O)CC3)c3ncnc(N)c23)c1. The molecule has 9 nitrogen and oxygen atoms in total. The number of rotatable bonds is 5. The maximum absolute atomic E-state index is 14.2. The van der Waals surface area contributed by atoms with Crippen molar-refractivity contribution in [1.82, 2.24) is 24.3 Å². The zero-order valence-electron chi connectivity index (χ0n) is 26.3. The number of nitrogens with zero attached hydrogens (tertiary/aromatic N) is 5. The van der Waals surface area contributed by atoms with Crippen molar-refractivity contribution in [2.75, 3.05) is 44.3 Å². The molecule has 1 amide bonds. The molecule has 2 aromatic carbocycles. The third kappa shape index (κ3) is 7.16. The Kier molecular flexibility index (Phi) is 9.03. The molecule has 244 valence electrons. The third-order valence-electron chi connectivity index (χ3n) is 8.96. The molecule has 47 heavy (non-hydrogen) atoms. The smallest absolute Gasteiger partial charge is 0.383 e. The molecule has 1 saturated heterocycles. The molecule has 3 heterocycles. The fourth-order valence-electron chi connectivity index (χ4n) is 6.28. The van der Waals surface area contributed by atoms with E-state index in [2.05, 4.69) is 32.0 Å². The number of likely N-dealkylation sites (N-methyl/N-ethyl adjacent to an activating group) is 1. The summed E-state index contributed by atoms with van der Waals surface area (Å²) in [6.07, 6.45) is 1.05. The lowest BCUT2D eigenvalue weighted by Gasteiger charge is -2.33. The molecule has 1 aliphatic carbocycles. The van der Waals surface area contributed by atoms with Gasteiger partial charge in [0.1, 0.15) is 23.6 Å². The van der Waals surface area contributed by atoms with Crippen LogP contribution in [0.25, 0.3) is 11.0 Å². The van der Waals surface area contributed by atoms with Crippen molar-refractivity contribution in [3.63, 3.8) is 0 Å². The van der Waals surface area contributed by atoms with Crippen LogP contribution >= 0.6 is 0 Å². The Labute approximate surface area is 271 Å². The van der Waals surface area contributed by atoms with Crippen LogP contribution in [0.15, 0.2) is 48.9 Å². The van der Waals surface area contributed by atoms with Crippen molar-refractivity contribution in [3.05, 3.63) is 82.3 Å². The molecule has 12 heteroatoms. The molecule has 2 aliphatic rings. The first-order valence-electron chi connectivity index (χ1n) is 15.6. The van der Waals surface area contributed by atoms with Gasteiger partial charge in [0.2, 0.25) is 0 Å². The summed E-state index contributed by atoms with van der Waals surface area (Å²) in [6.45, 7) is 5.01. The van der Waals surface area contributed by atoms with Gasteiger partial charge in [-0.1, -0.05) is 24.0 Å². The summed E-state index contributed by atoms with van der Waals surface area (Å²) < 4.78 is 44.5. The third-order valence-corrected chi connectivity index (χ3v) is 8.96. The number of hydrogen-bond acceptors (Lipinski definition) is 7. The van der Waals surface area contributed by atoms with E-state index < -0.39 is 17.6 Å². The number of amides is 1. The fourth-order valence-corrected chi connectivity index (χ4v) is 6.28. The lowest BCUT2D eigenvalue weighted by molar-refractivity contribution is -0.138. The number of ketones is 1. The van der Waals surface area contributed by atoms with E-state index in [-0.39, 0.29) is 41.0 Å². The maximum atomic E-state index is 14.2. The van der Waals surface area contributed by atoms with Gasteiger partial charge in [-0.05, 0) is 62.2 Å². The molecule has 0 radical (unpaired) electrons. The summed E-state index contributed by atoms with van der Waals surface area (Å²) in [4.78, 5) is 38.1. The van der Waals surface area contributed by atoms with Crippen molar-refractivity contribution < 1.29 is 22.8 Å². The number of hydrogen-bond donors (Lipinski definition) is 2. The van der Waals surface area contributed by atoms with Crippen molar-refractivity contribution >= 4 is 34.2 Å². The van der Waals surface area contributed by atoms with E-state index in [4.69, 9.17) is 5.73 Å². The Morgan fingerprint density at radius 2 is 1.74 bits per heavy atom. The molecule has 4 aromatic rings.